The number of nitrogens with one attached hydrogen (secondary N) is 1. The maximum atomic E-state index is 3.65. The largest absolute Gasteiger partial charge is 0.313 e. The summed E-state index contributed by atoms with van der Waals surface area (Å²) >= 11 is 0. The van der Waals surface area contributed by atoms with E-state index in [2.05, 4.69) is 64.3 Å². The van der Waals surface area contributed by atoms with E-state index in [0.717, 1.165) is 11.8 Å². The first-order valence-electron chi connectivity index (χ1n) is 8.74. The molecule has 3 atom stereocenters. The second kappa shape index (κ2) is 6.96. The van der Waals surface area contributed by atoms with E-state index in [0.29, 0.717) is 6.04 Å². The molecule has 1 heteroatoms. The molecule has 0 heterocycles. The molecular formula is C20H33N. The van der Waals surface area contributed by atoms with Crippen LogP contribution in [0.4, 0.5) is 0 Å². The van der Waals surface area contributed by atoms with Gasteiger partial charge in [-0.3, -0.25) is 0 Å². The van der Waals surface area contributed by atoms with Gasteiger partial charge in [-0.25, -0.2) is 0 Å². The molecule has 1 aromatic carbocycles. The standard InChI is InChI=1S/C20H33N/c1-6-15-10-9-11-16(14-15)19(21-5)17-12-7-8-13-18(17)20(2,3)4/h7-8,12-13,15-16,19,21H,6,9-11,14H2,1-5H3. The van der Waals surface area contributed by atoms with Crippen LogP contribution in [0.2, 0.25) is 0 Å². The van der Waals surface area contributed by atoms with Crippen molar-refractivity contribution in [2.75, 3.05) is 7.05 Å². The quantitative estimate of drug-likeness (QED) is 0.775. The number of benzene rings is 1. The summed E-state index contributed by atoms with van der Waals surface area (Å²) in [6, 6.07) is 9.56. The maximum Gasteiger partial charge on any atom is 0.0349 e. The van der Waals surface area contributed by atoms with E-state index < -0.39 is 0 Å². The number of rotatable bonds is 4. The van der Waals surface area contributed by atoms with E-state index in [9.17, 15) is 0 Å². The molecule has 0 saturated heterocycles. The first-order valence-corrected chi connectivity index (χ1v) is 8.74. The lowest BCUT2D eigenvalue weighted by molar-refractivity contribution is 0.213. The molecule has 1 N–H and O–H groups in total. The highest BCUT2D eigenvalue weighted by Gasteiger charge is 2.30. The molecule has 1 saturated carbocycles. The van der Waals surface area contributed by atoms with Crippen LogP contribution in [0.5, 0.6) is 0 Å². The van der Waals surface area contributed by atoms with Crippen LogP contribution in [0.25, 0.3) is 0 Å². The molecule has 118 valence electrons. The Kier molecular flexibility index (Phi) is 5.48. The predicted octanol–water partition coefficient (Wildman–Crippen LogP) is 5.46. The van der Waals surface area contributed by atoms with E-state index >= 15 is 0 Å². The molecule has 0 aromatic heterocycles. The minimum Gasteiger partial charge on any atom is -0.313 e. The van der Waals surface area contributed by atoms with Crippen molar-refractivity contribution in [3.8, 4) is 0 Å². The average Bonchev–Trinajstić information content (AvgIpc) is 2.48. The lowest BCUT2D eigenvalue weighted by atomic mass is 9.72. The fraction of sp³-hybridized carbons (Fsp3) is 0.700. The Morgan fingerprint density at radius 1 is 1.19 bits per heavy atom. The second-order valence-electron chi connectivity index (χ2n) is 7.80. The fourth-order valence-corrected chi connectivity index (χ4v) is 4.10. The Balaban J connectivity index is 2.29. The third-order valence-corrected chi connectivity index (χ3v) is 5.29. The molecule has 1 nitrogen and oxygen atoms in total. The van der Waals surface area contributed by atoms with Gasteiger partial charge in [-0.1, -0.05) is 71.2 Å². The van der Waals surface area contributed by atoms with Crippen molar-refractivity contribution in [2.24, 2.45) is 11.8 Å². The molecule has 0 spiro atoms. The first kappa shape index (κ1) is 16.5. The van der Waals surface area contributed by atoms with Gasteiger partial charge in [0.25, 0.3) is 0 Å². The van der Waals surface area contributed by atoms with E-state index in [1.54, 1.807) is 0 Å². The summed E-state index contributed by atoms with van der Waals surface area (Å²) in [7, 11) is 2.14. The summed E-state index contributed by atoms with van der Waals surface area (Å²) in [5.74, 6) is 1.72. The first-order chi connectivity index (χ1) is 9.97. The van der Waals surface area contributed by atoms with Gasteiger partial charge in [-0.15, -0.1) is 0 Å². The molecule has 0 amide bonds. The minimum atomic E-state index is 0.213. The van der Waals surface area contributed by atoms with Crippen molar-refractivity contribution in [1.82, 2.24) is 5.32 Å². The van der Waals surface area contributed by atoms with Gasteiger partial charge in [0.15, 0.2) is 0 Å². The topological polar surface area (TPSA) is 12.0 Å². The Hall–Kier alpha value is -0.820. The Labute approximate surface area is 131 Å². The van der Waals surface area contributed by atoms with Crippen LogP contribution in [-0.4, -0.2) is 7.05 Å². The highest BCUT2D eigenvalue weighted by molar-refractivity contribution is 5.35. The molecule has 1 aliphatic carbocycles. The minimum absolute atomic E-state index is 0.213. The predicted molar refractivity (Wildman–Crippen MR) is 92.7 cm³/mol. The van der Waals surface area contributed by atoms with Crippen molar-refractivity contribution in [1.29, 1.82) is 0 Å². The lowest BCUT2D eigenvalue weighted by Gasteiger charge is -2.37. The summed E-state index contributed by atoms with van der Waals surface area (Å²) in [6.07, 6.45) is 6.94. The van der Waals surface area contributed by atoms with Gasteiger partial charge < -0.3 is 5.32 Å². The molecule has 0 bridgehead atoms. The van der Waals surface area contributed by atoms with Crippen molar-refractivity contribution >= 4 is 0 Å². The van der Waals surface area contributed by atoms with Crippen LogP contribution >= 0.6 is 0 Å². The van der Waals surface area contributed by atoms with Crippen LogP contribution < -0.4 is 5.32 Å². The van der Waals surface area contributed by atoms with E-state index in [-0.39, 0.29) is 5.41 Å². The molecule has 0 radical (unpaired) electrons. The second-order valence-corrected chi connectivity index (χ2v) is 7.80. The van der Waals surface area contributed by atoms with Gasteiger partial charge in [0, 0.05) is 6.04 Å². The van der Waals surface area contributed by atoms with E-state index in [4.69, 9.17) is 0 Å². The van der Waals surface area contributed by atoms with Gasteiger partial charge in [0.2, 0.25) is 0 Å². The Morgan fingerprint density at radius 2 is 1.90 bits per heavy atom. The highest BCUT2D eigenvalue weighted by atomic mass is 14.9. The molecule has 1 fully saturated rings. The highest BCUT2D eigenvalue weighted by Crippen LogP contribution is 2.40. The maximum absolute atomic E-state index is 3.65. The van der Waals surface area contributed by atoms with E-state index in [1.807, 2.05) is 0 Å². The third-order valence-electron chi connectivity index (χ3n) is 5.29. The van der Waals surface area contributed by atoms with Crippen LogP contribution in [0.3, 0.4) is 0 Å². The van der Waals surface area contributed by atoms with Gasteiger partial charge in [-0.05, 0) is 48.3 Å². The van der Waals surface area contributed by atoms with E-state index in [1.165, 1.54) is 43.2 Å². The Morgan fingerprint density at radius 3 is 2.52 bits per heavy atom. The Bertz CT molecular complexity index is 443. The van der Waals surface area contributed by atoms with Crippen molar-refractivity contribution < 1.29 is 0 Å². The van der Waals surface area contributed by atoms with Gasteiger partial charge in [0.1, 0.15) is 0 Å². The molecule has 21 heavy (non-hydrogen) atoms. The normalized spacial score (nSPS) is 24.8. The average molecular weight is 287 g/mol. The molecular weight excluding hydrogens is 254 g/mol. The summed E-state index contributed by atoms with van der Waals surface area (Å²) < 4.78 is 0. The summed E-state index contributed by atoms with van der Waals surface area (Å²) in [4.78, 5) is 0. The molecule has 1 aliphatic rings. The number of hydrogen-bond donors (Lipinski definition) is 1. The van der Waals surface area contributed by atoms with Crippen LogP contribution in [-0.2, 0) is 5.41 Å². The monoisotopic (exact) mass is 287 g/mol. The van der Waals surface area contributed by atoms with Crippen LogP contribution in [0.1, 0.15) is 77.0 Å². The smallest absolute Gasteiger partial charge is 0.0349 e. The zero-order chi connectivity index (χ0) is 15.5. The summed E-state index contributed by atoms with van der Waals surface area (Å²) in [5, 5.41) is 3.65. The fourth-order valence-electron chi connectivity index (χ4n) is 4.10. The third kappa shape index (κ3) is 3.88. The number of hydrogen-bond acceptors (Lipinski definition) is 1. The van der Waals surface area contributed by atoms with Crippen molar-refractivity contribution in [2.45, 2.75) is 71.3 Å². The van der Waals surface area contributed by atoms with Crippen molar-refractivity contribution in [3.05, 3.63) is 35.4 Å². The molecule has 1 aromatic rings. The SMILES string of the molecule is CCC1CCCC(C(NC)c2ccccc2C(C)(C)C)C1. The molecule has 0 aliphatic heterocycles. The summed E-state index contributed by atoms with van der Waals surface area (Å²) in [6.45, 7) is 9.33. The molecule has 2 rings (SSSR count). The van der Waals surface area contributed by atoms with Gasteiger partial charge in [0.05, 0.1) is 0 Å². The zero-order valence-electron chi connectivity index (χ0n) is 14.6. The van der Waals surface area contributed by atoms with Crippen LogP contribution in [0, 0.1) is 11.8 Å². The van der Waals surface area contributed by atoms with Crippen molar-refractivity contribution in [3.63, 3.8) is 0 Å². The summed E-state index contributed by atoms with van der Waals surface area (Å²) in [5.41, 5.74) is 3.24. The zero-order valence-corrected chi connectivity index (χ0v) is 14.6. The van der Waals surface area contributed by atoms with Gasteiger partial charge in [-0.2, -0.15) is 0 Å². The molecule has 3 unspecified atom stereocenters. The van der Waals surface area contributed by atoms with Gasteiger partial charge >= 0.3 is 0 Å². The van der Waals surface area contributed by atoms with Crippen LogP contribution in [0.15, 0.2) is 24.3 Å². The lowest BCUT2D eigenvalue weighted by Crippen LogP contribution is -2.31.